The molecule has 0 aliphatic heterocycles. The molecule has 6 heteroatoms. The highest BCUT2D eigenvalue weighted by Gasteiger charge is 2.63. The number of halogens is 3. The number of hydrogen-bond donors (Lipinski definition) is 1. The molecule has 1 aliphatic carbocycles. The molecule has 0 aromatic carbocycles. The molecule has 2 nitrogen and oxygen atoms in total. The third-order valence-corrected chi connectivity index (χ3v) is 4.04. The van der Waals surface area contributed by atoms with Crippen LogP contribution in [0.3, 0.4) is 0 Å². The zero-order valence-corrected chi connectivity index (χ0v) is 11.5. The van der Waals surface area contributed by atoms with Gasteiger partial charge in [-0.1, -0.05) is 20.8 Å². The van der Waals surface area contributed by atoms with Crippen molar-refractivity contribution in [3.8, 4) is 0 Å². The number of rotatable bonds is 3. The first-order valence-electron chi connectivity index (χ1n) is 5.91. The summed E-state index contributed by atoms with van der Waals surface area (Å²) in [5.41, 5.74) is -0.780. The Labute approximate surface area is 109 Å². The van der Waals surface area contributed by atoms with Crippen LogP contribution in [0.1, 0.15) is 44.3 Å². The number of aromatic nitrogens is 1. The Morgan fingerprint density at radius 1 is 1.33 bits per heavy atom. The lowest BCUT2D eigenvalue weighted by Gasteiger charge is -2.20. The van der Waals surface area contributed by atoms with Crippen molar-refractivity contribution in [3.63, 3.8) is 0 Å². The number of nitrogens with zero attached hydrogens (tertiary/aromatic N) is 1. The summed E-state index contributed by atoms with van der Waals surface area (Å²) in [6.07, 6.45) is -3.81. The first-order valence-corrected chi connectivity index (χ1v) is 6.79. The van der Waals surface area contributed by atoms with Crippen molar-refractivity contribution in [2.24, 2.45) is 0 Å². The fraction of sp³-hybridized carbons (Fsp3) is 0.750. The van der Waals surface area contributed by atoms with Crippen molar-refractivity contribution in [1.29, 1.82) is 0 Å². The molecule has 1 aliphatic rings. The molecule has 1 heterocycles. The van der Waals surface area contributed by atoms with Gasteiger partial charge in [0.1, 0.15) is 10.5 Å². The summed E-state index contributed by atoms with van der Waals surface area (Å²) in [5, 5.41) is 5.25. The lowest BCUT2D eigenvalue weighted by atomic mass is 9.93. The third-order valence-electron chi connectivity index (χ3n) is 3.19. The van der Waals surface area contributed by atoms with Crippen LogP contribution in [0.5, 0.6) is 0 Å². The van der Waals surface area contributed by atoms with Crippen LogP contribution in [0, 0.1) is 0 Å². The van der Waals surface area contributed by atoms with Crippen LogP contribution in [-0.2, 0) is 12.0 Å². The van der Waals surface area contributed by atoms with E-state index in [1.165, 1.54) is 11.3 Å². The topological polar surface area (TPSA) is 24.9 Å². The van der Waals surface area contributed by atoms with Gasteiger partial charge < -0.3 is 0 Å². The second-order valence-corrected chi connectivity index (χ2v) is 6.75. The molecule has 18 heavy (non-hydrogen) atoms. The molecule has 1 fully saturated rings. The molecular formula is C12H17F3N2S. The molecule has 0 radical (unpaired) electrons. The lowest BCUT2D eigenvalue weighted by molar-refractivity contribution is -0.166. The fourth-order valence-corrected chi connectivity index (χ4v) is 2.63. The Kier molecular flexibility index (Phi) is 3.22. The molecule has 0 atom stereocenters. The van der Waals surface area contributed by atoms with Crippen LogP contribution in [0.25, 0.3) is 0 Å². The van der Waals surface area contributed by atoms with E-state index in [1.807, 2.05) is 26.2 Å². The Balaban J connectivity index is 1.98. The summed E-state index contributed by atoms with van der Waals surface area (Å²) in [5.74, 6) is 0. The van der Waals surface area contributed by atoms with E-state index in [2.05, 4.69) is 10.3 Å². The van der Waals surface area contributed by atoms with E-state index in [-0.39, 0.29) is 24.8 Å². The predicted octanol–water partition coefficient (Wildman–Crippen LogP) is 3.63. The normalized spacial score (nSPS) is 19.0. The summed E-state index contributed by atoms with van der Waals surface area (Å²) in [6.45, 7) is 6.31. The first kappa shape index (κ1) is 13.8. The van der Waals surface area contributed by atoms with E-state index in [1.54, 1.807) is 0 Å². The van der Waals surface area contributed by atoms with E-state index < -0.39 is 11.7 Å². The van der Waals surface area contributed by atoms with Gasteiger partial charge in [-0.05, 0) is 12.8 Å². The van der Waals surface area contributed by atoms with Crippen LogP contribution in [0.2, 0.25) is 0 Å². The molecule has 1 aromatic rings. The fourth-order valence-electron chi connectivity index (χ4n) is 1.67. The number of hydrogen-bond acceptors (Lipinski definition) is 3. The predicted molar refractivity (Wildman–Crippen MR) is 65.7 cm³/mol. The molecule has 0 amide bonds. The zero-order chi connectivity index (χ0) is 13.6. The minimum atomic E-state index is -4.16. The maximum Gasteiger partial charge on any atom is 0.406 e. The summed E-state index contributed by atoms with van der Waals surface area (Å²) in [7, 11) is 0. The Morgan fingerprint density at radius 3 is 2.33 bits per heavy atom. The Hall–Kier alpha value is -0.620. The third kappa shape index (κ3) is 2.69. The van der Waals surface area contributed by atoms with Crippen LogP contribution in [0.4, 0.5) is 13.2 Å². The van der Waals surface area contributed by atoms with Crippen molar-refractivity contribution < 1.29 is 13.2 Å². The first-order chi connectivity index (χ1) is 8.14. The molecule has 0 bridgehead atoms. The number of alkyl halides is 3. The van der Waals surface area contributed by atoms with Crippen LogP contribution in [-0.4, -0.2) is 16.7 Å². The van der Waals surface area contributed by atoms with Crippen molar-refractivity contribution in [1.82, 2.24) is 10.3 Å². The highest BCUT2D eigenvalue weighted by Crippen LogP contribution is 2.49. The van der Waals surface area contributed by atoms with Gasteiger partial charge in [0.15, 0.2) is 0 Å². The van der Waals surface area contributed by atoms with E-state index in [4.69, 9.17) is 0 Å². The van der Waals surface area contributed by atoms with Crippen LogP contribution in [0.15, 0.2) is 5.38 Å². The molecule has 1 aromatic heterocycles. The van der Waals surface area contributed by atoms with Crippen LogP contribution >= 0.6 is 11.3 Å². The second kappa shape index (κ2) is 4.20. The quantitative estimate of drug-likeness (QED) is 0.913. The SMILES string of the molecule is CC(C)(C)c1csc(CNC2(C(F)(F)F)CC2)n1. The summed E-state index contributed by atoms with van der Waals surface area (Å²) >= 11 is 1.41. The molecule has 0 saturated heterocycles. The average Bonchev–Trinajstić information content (AvgIpc) is 2.85. The van der Waals surface area contributed by atoms with Gasteiger partial charge in [-0.2, -0.15) is 13.2 Å². The van der Waals surface area contributed by atoms with Gasteiger partial charge in [0.2, 0.25) is 0 Å². The summed E-state index contributed by atoms with van der Waals surface area (Å²) in [4.78, 5) is 4.38. The largest absolute Gasteiger partial charge is 0.406 e. The maximum absolute atomic E-state index is 12.7. The minimum Gasteiger partial charge on any atom is -0.297 e. The van der Waals surface area contributed by atoms with Gasteiger partial charge in [-0.3, -0.25) is 5.32 Å². The van der Waals surface area contributed by atoms with E-state index in [9.17, 15) is 13.2 Å². The monoisotopic (exact) mass is 278 g/mol. The van der Waals surface area contributed by atoms with Crippen molar-refractivity contribution in [2.45, 2.75) is 57.3 Å². The standard InChI is InChI=1S/C12H17F3N2S/c1-10(2,3)8-7-18-9(17-8)6-16-11(4-5-11)12(13,14)15/h7,16H,4-6H2,1-3H3. The van der Waals surface area contributed by atoms with Crippen molar-refractivity contribution in [3.05, 3.63) is 16.1 Å². The van der Waals surface area contributed by atoms with Gasteiger partial charge >= 0.3 is 6.18 Å². The minimum absolute atomic E-state index is 0.0595. The molecule has 2 rings (SSSR count). The van der Waals surface area contributed by atoms with Gasteiger partial charge in [-0.25, -0.2) is 4.98 Å². The smallest absolute Gasteiger partial charge is 0.297 e. The molecule has 1 saturated carbocycles. The molecule has 0 unspecified atom stereocenters. The van der Waals surface area contributed by atoms with Crippen LogP contribution < -0.4 is 5.32 Å². The zero-order valence-electron chi connectivity index (χ0n) is 10.7. The molecule has 0 spiro atoms. The van der Waals surface area contributed by atoms with Gasteiger partial charge in [0.25, 0.3) is 0 Å². The number of thiazole rings is 1. The van der Waals surface area contributed by atoms with E-state index in [0.717, 1.165) is 10.7 Å². The van der Waals surface area contributed by atoms with Gasteiger partial charge in [0, 0.05) is 17.3 Å². The van der Waals surface area contributed by atoms with E-state index >= 15 is 0 Å². The van der Waals surface area contributed by atoms with E-state index in [0.29, 0.717) is 0 Å². The second-order valence-electron chi connectivity index (χ2n) is 5.81. The summed E-state index contributed by atoms with van der Waals surface area (Å²) < 4.78 is 38.1. The molecule has 1 N–H and O–H groups in total. The Bertz CT molecular complexity index is 427. The van der Waals surface area contributed by atoms with Crippen molar-refractivity contribution >= 4 is 11.3 Å². The average molecular weight is 278 g/mol. The molecule has 102 valence electrons. The Morgan fingerprint density at radius 2 is 1.94 bits per heavy atom. The highest BCUT2D eigenvalue weighted by molar-refractivity contribution is 7.09. The highest BCUT2D eigenvalue weighted by atomic mass is 32.1. The lowest BCUT2D eigenvalue weighted by Crippen LogP contribution is -2.44. The van der Waals surface area contributed by atoms with Gasteiger partial charge in [0.05, 0.1) is 5.69 Å². The van der Waals surface area contributed by atoms with Crippen molar-refractivity contribution in [2.75, 3.05) is 0 Å². The maximum atomic E-state index is 12.7. The summed E-state index contributed by atoms with van der Waals surface area (Å²) in [6, 6.07) is 0. The molecular weight excluding hydrogens is 261 g/mol. The number of nitrogens with one attached hydrogen (secondary N) is 1. The van der Waals surface area contributed by atoms with Gasteiger partial charge in [-0.15, -0.1) is 11.3 Å².